The Morgan fingerprint density at radius 2 is 1.24 bits per heavy atom. The minimum absolute atomic E-state index is 0.0449. The summed E-state index contributed by atoms with van der Waals surface area (Å²) < 4.78 is 71.3. The molecule has 2 aliphatic carbocycles. The molecular formula is C71H102F5N11O11. The molecule has 3 heterocycles. The van der Waals surface area contributed by atoms with Crippen molar-refractivity contribution in [3.05, 3.63) is 70.3 Å². The zero-order valence-electron chi connectivity index (χ0n) is 59.2. The first-order valence-corrected chi connectivity index (χ1v) is 34.8. The van der Waals surface area contributed by atoms with Crippen LogP contribution in [-0.4, -0.2) is 226 Å². The Hall–Kier alpha value is -7.74. The SMILES string of the molecule is CC[C@H](C)[C@@H]1NC(=O)[C@H](CC(C)C)N(C)C(=O)C[C@@H](C)N(C)C(=O)[C@H](C2CCCC2)N(C)C(=O)C2(CCCC2)NC(=O)[C@@H]2CCCN2C(=O)[C@H](CCc2cc(F)c(C(F)(F)F)c(F)c2)NC(=O)CN(C)C(=O)[C@H](Cc2ccc(C)cc2)N(CC)C(=O)[C@@H]2CCN2C(=O)[C@H](C)N(C)C1=O. The molecule has 2 aromatic carbocycles. The van der Waals surface area contributed by atoms with Gasteiger partial charge in [-0.15, -0.1) is 0 Å². The molecule has 10 atom stereocenters. The second kappa shape index (κ2) is 33.0. The van der Waals surface area contributed by atoms with Crippen molar-refractivity contribution in [2.24, 2.45) is 17.8 Å². The molecule has 7 rings (SSSR count). The lowest BCUT2D eigenvalue weighted by molar-refractivity contribution is -0.160. The Bertz CT molecular complexity index is 3250. The van der Waals surface area contributed by atoms with Crippen LogP contribution in [0, 0.1) is 36.3 Å². The summed E-state index contributed by atoms with van der Waals surface area (Å²) in [5.41, 5.74) is -2.43. The third-order valence-electron chi connectivity index (χ3n) is 21.2. The van der Waals surface area contributed by atoms with Crippen molar-refractivity contribution in [2.45, 2.75) is 231 Å². The van der Waals surface area contributed by atoms with E-state index in [9.17, 15) is 41.9 Å². The highest BCUT2D eigenvalue weighted by atomic mass is 19.4. The van der Waals surface area contributed by atoms with Crippen LogP contribution >= 0.6 is 0 Å². The number of alkyl halides is 3. The smallest absolute Gasteiger partial charge is 0.343 e. The van der Waals surface area contributed by atoms with Crippen molar-refractivity contribution in [3.63, 3.8) is 0 Å². The maximum absolute atomic E-state index is 15.4. The van der Waals surface area contributed by atoms with Crippen LogP contribution in [-0.2, 0) is 71.8 Å². The molecule has 2 saturated carbocycles. The van der Waals surface area contributed by atoms with Gasteiger partial charge in [0.05, 0.1) is 6.54 Å². The number of hydrogen-bond acceptors (Lipinski definition) is 11. The molecule has 3 N–H and O–H groups in total. The molecule has 1 spiro atoms. The summed E-state index contributed by atoms with van der Waals surface area (Å²) in [5.74, 6) is -11.8. The number of hydrogen-bond donors (Lipinski definition) is 3. The summed E-state index contributed by atoms with van der Waals surface area (Å²) in [5, 5.41) is 8.59. The molecule has 98 heavy (non-hydrogen) atoms. The van der Waals surface area contributed by atoms with E-state index in [0.29, 0.717) is 49.8 Å². The van der Waals surface area contributed by atoms with Crippen LogP contribution in [0.3, 0.4) is 0 Å². The lowest BCUT2D eigenvalue weighted by Gasteiger charge is -2.45. The first kappa shape index (κ1) is 77.6. The van der Waals surface area contributed by atoms with Crippen LogP contribution in [0.5, 0.6) is 0 Å². The number of benzene rings is 2. The molecule has 0 bridgehead atoms. The number of fused-ring (bicyclic) bond motifs is 2. The number of halogens is 5. The van der Waals surface area contributed by atoms with E-state index in [1.54, 1.807) is 40.0 Å². The van der Waals surface area contributed by atoms with Crippen LogP contribution in [0.15, 0.2) is 36.4 Å². The van der Waals surface area contributed by atoms with Gasteiger partial charge in [0.25, 0.3) is 0 Å². The minimum atomic E-state index is -5.38. The molecule has 0 aromatic heterocycles. The van der Waals surface area contributed by atoms with Crippen LogP contribution in [0.2, 0.25) is 0 Å². The fraction of sp³-hybridized carbons (Fsp3) is 0.676. The zero-order valence-corrected chi connectivity index (χ0v) is 59.2. The predicted octanol–water partition coefficient (Wildman–Crippen LogP) is 6.17. The quantitative estimate of drug-likeness (QED) is 0.215. The molecule has 0 unspecified atom stereocenters. The molecule has 5 aliphatic rings. The van der Waals surface area contributed by atoms with E-state index in [-0.39, 0.29) is 88.4 Å². The summed E-state index contributed by atoms with van der Waals surface area (Å²) in [6.45, 7) is 13.4. The summed E-state index contributed by atoms with van der Waals surface area (Å²) in [6.07, 6.45) is -1.33. The number of rotatable bonds is 11. The molecule has 542 valence electrons. The number of amides is 11. The normalized spacial score (nSPS) is 27.0. The third-order valence-corrected chi connectivity index (χ3v) is 21.2. The largest absolute Gasteiger partial charge is 0.422 e. The summed E-state index contributed by atoms with van der Waals surface area (Å²) in [7, 11) is 7.29. The van der Waals surface area contributed by atoms with Gasteiger partial charge >= 0.3 is 6.18 Å². The van der Waals surface area contributed by atoms with Gasteiger partial charge in [-0.3, -0.25) is 52.7 Å². The van der Waals surface area contributed by atoms with E-state index in [1.165, 1.54) is 69.4 Å². The van der Waals surface area contributed by atoms with Crippen LogP contribution < -0.4 is 16.0 Å². The van der Waals surface area contributed by atoms with Crippen molar-refractivity contribution in [1.82, 2.24) is 55.1 Å². The molecule has 5 fully saturated rings. The highest BCUT2D eigenvalue weighted by molar-refractivity contribution is 6.00. The molecule has 0 radical (unpaired) electrons. The summed E-state index contributed by atoms with van der Waals surface area (Å²) >= 11 is 0. The molecule has 3 aliphatic heterocycles. The Balaban J connectivity index is 1.28. The van der Waals surface area contributed by atoms with Crippen molar-refractivity contribution in [2.75, 3.05) is 61.4 Å². The van der Waals surface area contributed by atoms with Crippen molar-refractivity contribution < 1.29 is 74.7 Å². The van der Waals surface area contributed by atoms with Gasteiger partial charge in [0, 0.05) is 73.8 Å². The van der Waals surface area contributed by atoms with Gasteiger partial charge in [-0.05, 0) is 133 Å². The first-order valence-electron chi connectivity index (χ1n) is 34.8. The summed E-state index contributed by atoms with van der Waals surface area (Å²) in [6, 6.07) is -2.37. The second-order valence-electron chi connectivity index (χ2n) is 28.5. The number of nitrogens with one attached hydrogen (secondary N) is 3. The number of carbonyl (C=O) groups excluding carboxylic acids is 11. The average Bonchev–Trinajstić information content (AvgIpc) is 1.38. The molecule has 3 saturated heterocycles. The highest BCUT2D eigenvalue weighted by Gasteiger charge is 2.52. The van der Waals surface area contributed by atoms with Crippen molar-refractivity contribution in [1.29, 1.82) is 0 Å². The lowest BCUT2D eigenvalue weighted by Crippen LogP contribution is -2.65. The number of carbonyl (C=O) groups is 11. The number of aryl methyl sites for hydroxylation is 2. The highest BCUT2D eigenvalue weighted by Crippen LogP contribution is 2.38. The Morgan fingerprint density at radius 1 is 0.633 bits per heavy atom. The predicted molar refractivity (Wildman–Crippen MR) is 354 cm³/mol. The van der Waals surface area contributed by atoms with E-state index in [0.717, 1.165) is 23.3 Å². The Morgan fingerprint density at radius 3 is 1.81 bits per heavy atom. The standard InChI is InChI=1S/C71H102F5N11O11/c1-14-43(6)59-67(96)82(11)45(8)63(92)87-34-30-53(87)66(95)85(15-2)55(39-46-26-24-42(5)25-27-46)65(94)80(9)40-56(88)77-51(29-28-47-37-49(72)58(50(73)38-47)71(74,75)76)64(93)86-33-20-23-52(86)62(91)79-70(31-18-19-32-70)69(98)84(13)60(48-21-16-17-22-48)68(97)81(10)44(7)36-57(89)83(12)54(35-41(3)4)61(90)78-59/h24-27,37-38,41,43-45,48,51-55,59-60H,14-23,28-36,39-40H2,1-13H3,(H,77,88)(H,78,90)(H,79,91)/t43-,44+,45-,51-,52-,53-,54-,55-,59-,60-/m0/s1. The monoisotopic (exact) mass is 1380 g/mol. The van der Waals surface area contributed by atoms with Gasteiger partial charge in [-0.2, -0.15) is 13.2 Å². The maximum Gasteiger partial charge on any atom is 0.422 e. The second-order valence-corrected chi connectivity index (χ2v) is 28.5. The Labute approximate surface area is 572 Å². The van der Waals surface area contributed by atoms with Crippen LogP contribution in [0.4, 0.5) is 22.0 Å². The molecule has 22 nitrogen and oxygen atoms in total. The van der Waals surface area contributed by atoms with E-state index in [2.05, 4.69) is 16.0 Å². The van der Waals surface area contributed by atoms with Gasteiger partial charge in [0.15, 0.2) is 0 Å². The van der Waals surface area contributed by atoms with E-state index >= 15 is 32.8 Å². The van der Waals surface area contributed by atoms with Gasteiger partial charge in [-0.25, -0.2) is 8.78 Å². The van der Waals surface area contributed by atoms with Crippen molar-refractivity contribution in [3.8, 4) is 0 Å². The van der Waals surface area contributed by atoms with Crippen molar-refractivity contribution >= 4 is 65.0 Å². The fourth-order valence-electron chi connectivity index (χ4n) is 14.7. The average molecular weight is 1380 g/mol. The van der Waals surface area contributed by atoms with Gasteiger partial charge in [0.1, 0.15) is 71.1 Å². The van der Waals surface area contributed by atoms with E-state index < -0.39 is 174 Å². The Kier molecular flexibility index (Phi) is 26.1. The van der Waals surface area contributed by atoms with Gasteiger partial charge in [-0.1, -0.05) is 89.6 Å². The molecule has 27 heteroatoms. The zero-order chi connectivity index (χ0) is 72.6. The molecule has 11 amide bonds. The molecule has 2 aromatic rings. The number of likely N-dealkylation sites (N-methyl/N-ethyl adjacent to an activating group) is 6. The van der Waals surface area contributed by atoms with E-state index in [1.807, 2.05) is 39.8 Å². The fourth-order valence-corrected chi connectivity index (χ4v) is 14.7. The van der Waals surface area contributed by atoms with Crippen LogP contribution in [0.25, 0.3) is 0 Å². The third kappa shape index (κ3) is 17.6. The lowest BCUT2D eigenvalue weighted by atomic mass is 9.90. The van der Waals surface area contributed by atoms with Gasteiger partial charge in [0.2, 0.25) is 65.0 Å². The maximum atomic E-state index is 15.4. The topological polar surface area (TPSA) is 250 Å². The van der Waals surface area contributed by atoms with E-state index in [4.69, 9.17) is 0 Å². The summed E-state index contributed by atoms with van der Waals surface area (Å²) in [4.78, 5) is 174. The number of nitrogens with zero attached hydrogens (tertiary/aromatic N) is 8. The minimum Gasteiger partial charge on any atom is -0.343 e. The first-order chi connectivity index (χ1) is 46.1. The molecular weight excluding hydrogens is 1280 g/mol. The van der Waals surface area contributed by atoms with Gasteiger partial charge < -0.3 is 55.1 Å². The van der Waals surface area contributed by atoms with Crippen LogP contribution in [0.1, 0.15) is 167 Å².